The Hall–Kier alpha value is -2.44. The number of hydrogen-bond donors (Lipinski definition) is 1. The molecule has 7 heteroatoms. The number of aromatic nitrogens is 3. The van der Waals surface area contributed by atoms with Crippen LogP contribution in [0.25, 0.3) is 11.0 Å². The summed E-state index contributed by atoms with van der Waals surface area (Å²) in [6.45, 7) is 2.21. The summed E-state index contributed by atoms with van der Waals surface area (Å²) >= 11 is 0. The van der Waals surface area contributed by atoms with E-state index in [4.69, 9.17) is 0 Å². The van der Waals surface area contributed by atoms with Gasteiger partial charge in [0.2, 0.25) is 5.91 Å². The molecule has 0 spiro atoms. The Morgan fingerprint density at radius 2 is 1.89 bits per heavy atom. The standard InChI is InChI=1S/C20H28N4O3/c1-4-5-6-13-7-9-14(10-8-13)18(25)22-15-11-12-21-17-16(15)19(26)24(3)20(27)23(17)2/h11-14H,4-10H2,1-3H3,(H,21,22,25). The zero-order valence-corrected chi connectivity index (χ0v) is 16.3. The molecule has 0 aliphatic heterocycles. The first-order valence-electron chi connectivity index (χ1n) is 9.79. The van der Waals surface area contributed by atoms with Crippen molar-refractivity contribution in [2.45, 2.75) is 51.9 Å². The molecule has 3 rings (SSSR count). The summed E-state index contributed by atoms with van der Waals surface area (Å²) < 4.78 is 2.37. The number of fused-ring (bicyclic) bond motifs is 1. The summed E-state index contributed by atoms with van der Waals surface area (Å²) in [5.74, 6) is 0.660. The minimum Gasteiger partial charge on any atom is -0.325 e. The molecule has 1 N–H and O–H groups in total. The lowest BCUT2D eigenvalue weighted by atomic mass is 9.79. The van der Waals surface area contributed by atoms with Gasteiger partial charge in [0.1, 0.15) is 5.39 Å². The zero-order chi connectivity index (χ0) is 19.6. The molecule has 0 radical (unpaired) electrons. The molecule has 146 valence electrons. The lowest BCUT2D eigenvalue weighted by molar-refractivity contribution is -0.121. The lowest BCUT2D eigenvalue weighted by Gasteiger charge is -2.27. The molecule has 1 saturated carbocycles. The number of pyridine rings is 1. The monoisotopic (exact) mass is 372 g/mol. The summed E-state index contributed by atoms with van der Waals surface area (Å²) in [5, 5.41) is 3.19. The summed E-state index contributed by atoms with van der Waals surface area (Å²) in [6, 6.07) is 1.62. The minimum absolute atomic E-state index is 0.0255. The van der Waals surface area contributed by atoms with Gasteiger partial charge in [0, 0.05) is 26.2 Å². The summed E-state index contributed by atoms with van der Waals surface area (Å²) in [6.07, 6.45) is 9.19. The summed E-state index contributed by atoms with van der Waals surface area (Å²) in [4.78, 5) is 41.6. The first-order valence-corrected chi connectivity index (χ1v) is 9.79. The van der Waals surface area contributed by atoms with E-state index in [-0.39, 0.29) is 22.9 Å². The van der Waals surface area contributed by atoms with E-state index in [0.717, 1.165) is 36.2 Å². The van der Waals surface area contributed by atoms with E-state index >= 15 is 0 Å². The number of nitrogens with one attached hydrogen (secondary N) is 1. The van der Waals surface area contributed by atoms with Gasteiger partial charge in [0.15, 0.2) is 5.65 Å². The zero-order valence-electron chi connectivity index (χ0n) is 16.3. The largest absolute Gasteiger partial charge is 0.332 e. The Morgan fingerprint density at radius 1 is 1.19 bits per heavy atom. The van der Waals surface area contributed by atoms with E-state index in [1.165, 1.54) is 37.1 Å². The quantitative estimate of drug-likeness (QED) is 0.874. The van der Waals surface area contributed by atoms with Gasteiger partial charge in [-0.1, -0.05) is 26.2 Å². The molecule has 1 aliphatic carbocycles. The highest BCUT2D eigenvalue weighted by Gasteiger charge is 2.26. The summed E-state index contributed by atoms with van der Waals surface area (Å²) in [5.41, 5.74) is -0.174. The maximum Gasteiger partial charge on any atom is 0.332 e. The molecule has 0 saturated heterocycles. The normalized spacial score (nSPS) is 20.0. The average molecular weight is 372 g/mol. The average Bonchev–Trinajstić information content (AvgIpc) is 2.69. The molecular weight excluding hydrogens is 344 g/mol. The fourth-order valence-electron chi connectivity index (χ4n) is 4.03. The van der Waals surface area contributed by atoms with E-state index in [1.807, 2.05) is 0 Å². The molecule has 27 heavy (non-hydrogen) atoms. The number of anilines is 1. The van der Waals surface area contributed by atoms with Gasteiger partial charge in [-0.05, 0) is 37.7 Å². The van der Waals surface area contributed by atoms with Crippen LogP contribution in [-0.4, -0.2) is 20.0 Å². The van der Waals surface area contributed by atoms with Gasteiger partial charge in [-0.25, -0.2) is 9.78 Å². The van der Waals surface area contributed by atoms with E-state index < -0.39 is 11.2 Å². The highest BCUT2D eigenvalue weighted by Crippen LogP contribution is 2.32. The molecule has 2 aromatic rings. The Morgan fingerprint density at radius 3 is 2.56 bits per heavy atom. The Balaban J connectivity index is 1.81. The van der Waals surface area contributed by atoms with Crippen LogP contribution in [0.5, 0.6) is 0 Å². The fraction of sp³-hybridized carbons (Fsp3) is 0.600. The predicted octanol–water partition coefficient (Wildman–Crippen LogP) is 2.57. The number of nitrogens with zero attached hydrogens (tertiary/aromatic N) is 3. The Labute approximate surface area is 158 Å². The van der Waals surface area contributed by atoms with E-state index in [0.29, 0.717) is 5.69 Å². The number of aryl methyl sites for hydroxylation is 1. The van der Waals surface area contributed by atoms with Crippen molar-refractivity contribution < 1.29 is 4.79 Å². The van der Waals surface area contributed by atoms with Crippen LogP contribution in [0.1, 0.15) is 51.9 Å². The molecule has 1 amide bonds. The van der Waals surface area contributed by atoms with Gasteiger partial charge in [-0.2, -0.15) is 0 Å². The minimum atomic E-state index is -0.445. The molecular formula is C20H28N4O3. The molecule has 7 nitrogen and oxygen atoms in total. The van der Waals surface area contributed by atoms with Crippen molar-refractivity contribution in [3.63, 3.8) is 0 Å². The molecule has 0 bridgehead atoms. The third-order valence-electron chi connectivity index (χ3n) is 5.78. The van der Waals surface area contributed by atoms with Crippen LogP contribution in [0.15, 0.2) is 21.9 Å². The van der Waals surface area contributed by atoms with Gasteiger partial charge >= 0.3 is 5.69 Å². The van der Waals surface area contributed by atoms with Crippen LogP contribution in [0.4, 0.5) is 5.69 Å². The van der Waals surface area contributed by atoms with Crippen LogP contribution in [-0.2, 0) is 18.9 Å². The third kappa shape index (κ3) is 3.82. The van der Waals surface area contributed by atoms with Crippen molar-refractivity contribution in [1.82, 2.24) is 14.1 Å². The Kier molecular flexibility index (Phi) is 5.77. The third-order valence-corrected chi connectivity index (χ3v) is 5.78. The van der Waals surface area contributed by atoms with Crippen molar-refractivity contribution >= 4 is 22.6 Å². The highest BCUT2D eigenvalue weighted by molar-refractivity contribution is 6.00. The maximum absolute atomic E-state index is 12.8. The predicted molar refractivity (Wildman–Crippen MR) is 106 cm³/mol. The first-order chi connectivity index (χ1) is 12.9. The van der Waals surface area contributed by atoms with Gasteiger partial charge in [0.25, 0.3) is 5.56 Å². The van der Waals surface area contributed by atoms with Crippen molar-refractivity contribution in [2.24, 2.45) is 25.9 Å². The van der Waals surface area contributed by atoms with Gasteiger partial charge in [0.05, 0.1) is 5.69 Å². The second-order valence-electron chi connectivity index (χ2n) is 7.61. The topological polar surface area (TPSA) is 86.0 Å². The number of amides is 1. The molecule has 0 aromatic carbocycles. The summed E-state index contributed by atoms with van der Waals surface area (Å²) in [7, 11) is 3.00. The van der Waals surface area contributed by atoms with Crippen LogP contribution >= 0.6 is 0 Å². The van der Waals surface area contributed by atoms with Crippen molar-refractivity contribution in [3.8, 4) is 0 Å². The van der Waals surface area contributed by atoms with Gasteiger partial charge in [-0.15, -0.1) is 0 Å². The molecule has 1 fully saturated rings. The van der Waals surface area contributed by atoms with Gasteiger partial charge < -0.3 is 5.32 Å². The number of carbonyl (C=O) groups is 1. The smallest absolute Gasteiger partial charge is 0.325 e. The SMILES string of the molecule is CCCCC1CCC(C(=O)Nc2ccnc3c2c(=O)n(C)c(=O)n3C)CC1. The molecule has 0 unspecified atom stereocenters. The molecule has 0 atom stereocenters. The van der Waals surface area contributed by atoms with Crippen LogP contribution in [0.2, 0.25) is 0 Å². The highest BCUT2D eigenvalue weighted by atomic mass is 16.2. The van der Waals surface area contributed by atoms with Crippen LogP contribution in [0.3, 0.4) is 0 Å². The van der Waals surface area contributed by atoms with E-state index in [2.05, 4.69) is 17.2 Å². The second kappa shape index (κ2) is 8.06. The number of rotatable bonds is 5. The first kappa shape index (κ1) is 19.3. The van der Waals surface area contributed by atoms with E-state index in [1.54, 1.807) is 13.1 Å². The van der Waals surface area contributed by atoms with Crippen LogP contribution < -0.4 is 16.6 Å². The lowest BCUT2D eigenvalue weighted by Crippen LogP contribution is -2.38. The number of carbonyl (C=O) groups excluding carboxylic acids is 1. The molecule has 2 aromatic heterocycles. The number of hydrogen-bond acceptors (Lipinski definition) is 4. The fourth-order valence-corrected chi connectivity index (χ4v) is 4.03. The second-order valence-corrected chi connectivity index (χ2v) is 7.61. The number of unbranched alkanes of at least 4 members (excludes halogenated alkanes) is 1. The van der Waals surface area contributed by atoms with Crippen molar-refractivity contribution in [1.29, 1.82) is 0 Å². The molecule has 1 aliphatic rings. The molecule has 2 heterocycles. The van der Waals surface area contributed by atoms with Crippen molar-refractivity contribution in [2.75, 3.05) is 5.32 Å². The maximum atomic E-state index is 12.8. The Bertz CT molecular complexity index is 952. The van der Waals surface area contributed by atoms with Crippen LogP contribution in [0, 0.1) is 11.8 Å². The van der Waals surface area contributed by atoms with Crippen molar-refractivity contribution in [3.05, 3.63) is 33.1 Å². The van der Waals surface area contributed by atoms with E-state index in [9.17, 15) is 14.4 Å². The van der Waals surface area contributed by atoms with Gasteiger partial charge in [-0.3, -0.25) is 18.7 Å².